The number of hydrogen-bond donors (Lipinski definition) is 3. The van der Waals surface area contributed by atoms with Crippen LogP contribution in [0, 0.1) is 0 Å². The van der Waals surface area contributed by atoms with Gasteiger partial charge in [0.25, 0.3) is 0 Å². The Balaban J connectivity index is 2.33. The SMILES string of the molecule is CCCc1c(NN)ncnc1N1CCCNC(=O)C1. The zero-order chi connectivity index (χ0) is 13.7. The molecule has 1 aliphatic rings. The van der Waals surface area contributed by atoms with E-state index in [0.29, 0.717) is 18.9 Å². The van der Waals surface area contributed by atoms with Gasteiger partial charge in [-0.1, -0.05) is 13.3 Å². The summed E-state index contributed by atoms with van der Waals surface area (Å²) in [7, 11) is 0. The van der Waals surface area contributed by atoms with Crippen molar-refractivity contribution in [2.24, 2.45) is 5.84 Å². The predicted octanol–water partition coefficient (Wildman–Crippen LogP) is 0.0410. The van der Waals surface area contributed by atoms with Crippen LogP contribution in [-0.2, 0) is 11.2 Å². The number of aromatic nitrogens is 2. The van der Waals surface area contributed by atoms with Gasteiger partial charge in [0, 0.05) is 18.7 Å². The minimum absolute atomic E-state index is 0.0285. The van der Waals surface area contributed by atoms with Gasteiger partial charge in [0.1, 0.15) is 18.0 Å². The highest BCUT2D eigenvalue weighted by atomic mass is 16.2. The first-order chi connectivity index (χ1) is 9.26. The highest BCUT2D eigenvalue weighted by Gasteiger charge is 2.20. The lowest BCUT2D eigenvalue weighted by atomic mass is 10.1. The van der Waals surface area contributed by atoms with Gasteiger partial charge in [0.2, 0.25) is 5.91 Å². The second-order valence-corrected chi connectivity index (χ2v) is 4.54. The fourth-order valence-corrected chi connectivity index (χ4v) is 2.27. The Morgan fingerprint density at radius 3 is 3.11 bits per heavy atom. The summed E-state index contributed by atoms with van der Waals surface area (Å²) in [6, 6.07) is 0. The van der Waals surface area contributed by atoms with Crippen LogP contribution in [0.4, 0.5) is 11.6 Å². The van der Waals surface area contributed by atoms with Gasteiger partial charge in [-0.25, -0.2) is 15.8 Å². The van der Waals surface area contributed by atoms with Crippen LogP contribution in [0.1, 0.15) is 25.3 Å². The van der Waals surface area contributed by atoms with E-state index in [9.17, 15) is 4.79 Å². The summed E-state index contributed by atoms with van der Waals surface area (Å²) in [5.41, 5.74) is 3.58. The third-order valence-corrected chi connectivity index (χ3v) is 3.12. The molecule has 1 aromatic heterocycles. The molecule has 19 heavy (non-hydrogen) atoms. The van der Waals surface area contributed by atoms with E-state index in [2.05, 4.69) is 27.6 Å². The molecule has 2 heterocycles. The van der Waals surface area contributed by atoms with Gasteiger partial charge in [-0.05, 0) is 12.8 Å². The zero-order valence-corrected chi connectivity index (χ0v) is 11.1. The first-order valence-electron chi connectivity index (χ1n) is 6.58. The highest BCUT2D eigenvalue weighted by Crippen LogP contribution is 2.24. The van der Waals surface area contributed by atoms with E-state index in [4.69, 9.17) is 5.84 Å². The van der Waals surface area contributed by atoms with Crippen molar-refractivity contribution in [1.82, 2.24) is 15.3 Å². The number of nitrogens with one attached hydrogen (secondary N) is 2. The molecule has 1 fully saturated rings. The number of nitrogens with two attached hydrogens (primary N) is 1. The minimum Gasteiger partial charge on any atom is -0.354 e. The van der Waals surface area contributed by atoms with Crippen LogP contribution in [0.5, 0.6) is 0 Å². The number of rotatable bonds is 4. The molecule has 2 rings (SSSR count). The first-order valence-corrected chi connectivity index (χ1v) is 6.58. The van der Waals surface area contributed by atoms with Crippen LogP contribution >= 0.6 is 0 Å². The Bertz CT molecular complexity index is 450. The van der Waals surface area contributed by atoms with E-state index in [1.165, 1.54) is 6.33 Å². The van der Waals surface area contributed by atoms with Crippen LogP contribution in [0.25, 0.3) is 0 Å². The van der Waals surface area contributed by atoms with E-state index in [1.54, 1.807) is 0 Å². The van der Waals surface area contributed by atoms with Crippen molar-refractivity contribution < 1.29 is 4.79 Å². The monoisotopic (exact) mass is 264 g/mol. The summed E-state index contributed by atoms with van der Waals surface area (Å²) in [6.07, 6.45) is 4.18. The largest absolute Gasteiger partial charge is 0.354 e. The second kappa shape index (κ2) is 6.33. The summed E-state index contributed by atoms with van der Waals surface area (Å²) in [5.74, 6) is 6.97. The highest BCUT2D eigenvalue weighted by molar-refractivity contribution is 5.82. The van der Waals surface area contributed by atoms with E-state index in [0.717, 1.165) is 37.2 Å². The average molecular weight is 264 g/mol. The number of carbonyl (C=O) groups is 1. The van der Waals surface area contributed by atoms with Crippen LogP contribution < -0.4 is 21.5 Å². The molecule has 0 aromatic carbocycles. The molecular formula is C12H20N6O. The number of carbonyl (C=O) groups excluding carboxylic acids is 1. The van der Waals surface area contributed by atoms with Gasteiger partial charge < -0.3 is 15.6 Å². The summed E-state index contributed by atoms with van der Waals surface area (Å²) in [5, 5.41) is 2.86. The molecule has 1 aliphatic heterocycles. The molecule has 0 atom stereocenters. The number of nitrogens with zero attached hydrogens (tertiary/aromatic N) is 3. The van der Waals surface area contributed by atoms with Crippen molar-refractivity contribution in [2.45, 2.75) is 26.2 Å². The Labute approximate surface area is 112 Å². The van der Waals surface area contributed by atoms with E-state index < -0.39 is 0 Å². The number of nitrogen functional groups attached to an aromatic ring is 1. The topological polar surface area (TPSA) is 96.2 Å². The molecule has 0 bridgehead atoms. The molecule has 0 spiro atoms. The minimum atomic E-state index is 0.0285. The molecular weight excluding hydrogens is 244 g/mol. The average Bonchev–Trinajstić information content (AvgIpc) is 2.64. The van der Waals surface area contributed by atoms with Gasteiger partial charge >= 0.3 is 0 Å². The van der Waals surface area contributed by atoms with Gasteiger partial charge in [-0.3, -0.25) is 4.79 Å². The van der Waals surface area contributed by atoms with Gasteiger partial charge in [-0.2, -0.15) is 0 Å². The Kier molecular flexibility index (Phi) is 4.51. The molecule has 0 saturated carbocycles. The van der Waals surface area contributed by atoms with Crippen LogP contribution in [-0.4, -0.2) is 35.5 Å². The number of hydrazine groups is 1. The number of anilines is 2. The van der Waals surface area contributed by atoms with Crippen molar-refractivity contribution in [3.63, 3.8) is 0 Å². The Hall–Kier alpha value is -1.89. The fourth-order valence-electron chi connectivity index (χ4n) is 2.27. The summed E-state index contributed by atoms with van der Waals surface area (Å²) < 4.78 is 0. The molecule has 0 unspecified atom stereocenters. The predicted molar refractivity (Wildman–Crippen MR) is 73.7 cm³/mol. The van der Waals surface area contributed by atoms with Crippen molar-refractivity contribution in [3.05, 3.63) is 11.9 Å². The van der Waals surface area contributed by atoms with Crippen molar-refractivity contribution >= 4 is 17.5 Å². The molecule has 4 N–H and O–H groups in total. The quantitative estimate of drug-likeness (QED) is 0.525. The summed E-state index contributed by atoms with van der Waals surface area (Å²) >= 11 is 0. The third kappa shape index (κ3) is 3.11. The molecule has 7 nitrogen and oxygen atoms in total. The maximum atomic E-state index is 11.7. The molecule has 1 amide bonds. The van der Waals surface area contributed by atoms with Gasteiger partial charge in [0.05, 0.1) is 6.54 Å². The van der Waals surface area contributed by atoms with Crippen LogP contribution in [0.3, 0.4) is 0 Å². The summed E-state index contributed by atoms with van der Waals surface area (Å²) in [4.78, 5) is 22.1. The molecule has 1 aromatic rings. The lowest BCUT2D eigenvalue weighted by Crippen LogP contribution is -2.34. The van der Waals surface area contributed by atoms with E-state index in [-0.39, 0.29) is 5.91 Å². The number of hydrogen-bond acceptors (Lipinski definition) is 6. The second-order valence-electron chi connectivity index (χ2n) is 4.54. The standard InChI is InChI=1S/C12H20N6O/c1-2-4-9-11(17-13)15-8-16-12(9)18-6-3-5-14-10(19)7-18/h8H,2-7,13H2,1H3,(H,14,19)(H,15,16,17). The van der Waals surface area contributed by atoms with Crippen LogP contribution in [0.2, 0.25) is 0 Å². The van der Waals surface area contributed by atoms with E-state index in [1.807, 2.05) is 4.90 Å². The molecule has 7 heteroatoms. The smallest absolute Gasteiger partial charge is 0.239 e. The normalized spacial score (nSPS) is 15.9. The molecule has 104 valence electrons. The zero-order valence-electron chi connectivity index (χ0n) is 11.1. The molecule has 1 saturated heterocycles. The molecule has 0 radical (unpaired) electrons. The van der Waals surface area contributed by atoms with Crippen LogP contribution in [0.15, 0.2) is 6.33 Å². The Morgan fingerprint density at radius 2 is 2.37 bits per heavy atom. The summed E-state index contributed by atoms with van der Waals surface area (Å²) in [6.45, 7) is 3.94. The van der Waals surface area contributed by atoms with Gasteiger partial charge in [0.15, 0.2) is 0 Å². The lowest BCUT2D eigenvalue weighted by Gasteiger charge is -2.23. The lowest BCUT2D eigenvalue weighted by molar-refractivity contribution is -0.119. The van der Waals surface area contributed by atoms with Gasteiger partial charge in [-0.15, -0.1) is 0 Å². The van der Waals surface area contributed by atoms with Crippen molar-refractivity contribution in [3.8, 4) is 0 Å². The molecule has 0 aliphatic carbocycles. The van der Waals surface area contributed by atoms with Crippen molar-refractivity contribution in [2.75, 3.05) is 30.0 Å². The first kappa shape index (κ1) is 13.5. The van der Waals surface area contributed by atoms with Crippen molar-refractivity contribution in [1.29, 1.82) is 0 Å². The number of amides is 1. The Morgan fingerprint density at radius 1 is 1.53 bits per heavy atom. The maximum Gasteiger partial charge on any atom is 0.239 e. The fraction of sp³-hybridized carbons (Fsp3) is 0.583. The third-order valence-electron chi connectivity index (χ3n) is 3.12. The maximum absolute atomic E-state index is 11.7. The van der Waals surface area contributed by atoms with E-state index >= 15 is 0 Å².